The second kappa shape index (κ2) is 11.7. The number of thioether (sulfide) groups is 1. The highest BCUT2D eigenvalue weighted by molar-refractivity contribution is 7.99. The van der Waals surface area contributed by atoms with Crippen molar-refractivity contribution in [2.75, 3.05) is 46.3 Å². The first kappa shape index (κ1) is 24.6. The third kappa shape index (κ3) is 5.85. The van der Waals surface area contributed by atoms with Gasteiger partial charge in [0.25, 0.3) is 5.91 Å². The van der Waals surface area contributed by atoms with Crippen LogP contribution in [0.15, 0.2) is 48.1 Å². The standard InChI is InChI=1S/C24H28N2O6S/c1-5-13-33-23-19(7-6-10-25-23)24(28)26-11-12-31-17(14-26)15-32-21-18(16(2)27)8-9-20(29-3)22(21)30-4/h5-10,17H,1,11-15H2,2-4H3. The lowest BCUT2D eigenvalue weighted by molar-refractivity contribution is -0.0405. The molecule has 1 aliphatic rings. The molecule has 0 N–H and O–H groups in total. The molecular weight excluding hydrogens is 444 g/mol. The fraction of sp³-hybridized carbons (Fsp3) is 0.375. The van der Waals surface area contributed by atoms with E-state index in [1.54, 1.807) is 41.4 Å². The van der Waals surface area contributed by atoms with Gasteiger partial charge in [-0.3, -0.25) is 9.59 Å². The number of ketones is 1. The molecule has 1 unspecified atom stereocenters. The van der Waals surface area contributed by atoms with E-state index in [1.807, 2.05) is 0 Å². The van der Waals surface area contributed by atoms with Crippen LogP contribution in [0.4, 0.5) is 0 Å². The van der Waals surface area contributed by atoms with Crippen LogP contribution in [0.25, 0.3) is 0 Å². The first-order chi connectivity index (χ1) is 16.0. The molecule has 1 aromatic heterocycles. The monoisotopic (exact) mass is 472 g/mol. The molecule has 1 saturated heterocycles. The van der Waals surface area contributed by atoms with Crippen molar-refractivity contribution in [3.63, 3.8) is 0 Å². The second-order valence-electron chi connectivity index (χ2n) is 7.24. The average molecular weight is 473 g/mol. The summed E-state index contributed by atoms with van der Waals surface area (Å²) in [6, 6.07) is 6.84. The van der Waals surface area contributed by atoms with Crippen molar-refractivity contribution in [2.24, 2.45) is 0 Å². The number of pyridine rings is 1. The highest BCUT2D eigenvalue weighted by Gasteiger charge is 2.28. The van der Waals surface area contributed by atoms with Gasteiger partial charge in [0, 0.05) is 18.5 Å². The highest BCUT2D eigenvalue weighted by atomic mass is 32.2. The number of rotatable bonds is 10. The molecule has 1 aliphatic heterocycles. The molecule has 176 valence electrons. The van der Waals surface area contributed by atoms with Gasteiger partial charge in [0.15, 0.2) is 17.3 Å². The lowest BCUT2D eigenvalue weighted by atomic mass is 10.1. The van der Waals surface area contributed by atoms with Crippen LogP contribution in [0.5, 0.6) is 17.2 Å². The summed E-state index contributed by atoms with van der Waals surface area (Å²) in [5.74, 6) is 1.50. The van der Waals surface area contributed by atoms with Crippen LogP contribution < -0.4 is 14.2 Å². The molecule has 0 saturated carbocycles. The van der Waals surface area contributed by atoms with E-state index in [4.69, 9.17) is 18.9 Å². The van der Waals surface area contributed by atoms with Gasteiger partial charge in [-0.2, -0.15) is 0 Å². The Kier molecular flexibility index (Phi) is 8.73. The van der Waals surface area contributed by atoms with Gasteiger partial charge >= 0.3 is 0 Å². The molecule has 8 nitrogen and oxygen atoms in total. The van der Waals surface area contributed by atoms with E-state index in [0.29, 0.717) is 58.9 Å². The molecule has 1 amide bonds. The number of aromatic nitrogens is 1. The summed E-state index contributed by atoms with van der Waals surface area (Å²) in [5.41, 5.74) is 0.940. The van der Waals surface area contributed by atoms with E-state index in [0.717, 1.165) is 0 Å². The van der Waals surface area contributed by atoms with Gasteiger partial charge < -0.3 is 23.8 Å². The molecule has 0 aliphatic carbocycles. The van der Waals surface area contributed by atoms with Gasteiger partial charge in [-0.25, -0.2) is 4.98 Å². The maximum atomic E-state index is 13.2. The molecule has 0 radical (unpaired) electrons. The van der Waals surface area contributed by atoms with Crippen molar-refractivity contribution >= 4 is 23.5 Å². The van der Waals surface area contributed by atoms with Crippen LogP contribution in [0.1, 0.15) is 27.6 Å². The van der Waals surface area contributed by atoms with Crippen molar-refractivity contribution in [1.82, 2.24) is 9.88 Å². The maximum absolute atomic E-state index is 13.2. The van der Waals surface area contributed by atoms with E-state index in [9.17, 15) is 9.59 Å². The predicted octanol–water partition coefficient (Wildman–Crippen LogP) is 3.50. The van der Waals surface area contributed by atoms with Crippen molar-refractivity contribution in [1.29, 1.82) is 0 Å². The number of methoxy groups -OCH3 is 2. The van der Waals surface area contributed by atoms with Crippen LogP contribution in [-0.2, 0) is 4.74 Å². The third-order valence-corrected chi connectivity index (χ3v) is 6.06. The van der Waals surface area contributed by atoms with E-state index >= 15 is 0 Å². The first-order valence-electron chi connectivity index (χ1n) is 10.5. The molecule has 1 aromatic carbocycles. The fourth-order valence-electron chi connectivity index (χ4n) is 3.48. The molecule has 0 bridgehead atoms. The van der Waals surface area contributed by atoms with Crippen LogP contribution in [-0.4, -0.2) is 74.0 Å². The number of carbonyl (C=O) groups is 2. The van der Waals surface area contributed by atoms with Crippen LogP contribution >= 0.6 is 11.8 Å². The molecule has 1 atom stereocenters. The Bertz CT molecular complexity index is 1010. The van der Waals surface area contributed by atoms with E-state index < -0.39 is 0 Å². The summed E-state index contributed by atoms with van der Waals surface area (Å²) in [6.07, 6.45) is 3.07. The summed E-state index contributed by atoms with van der Waals surface area (Å²) < 4.78 is 22.6. The lowest BCUT2D eigenvalue weighted by Gasteiger charge is -2.33. The predicted molar refractivity (Wildman–Crippen MR) is 126 cm³/mol. The molecule has 3 rings (SSSR count). The lowest BCUT2D eigenvalue weighted by Crippen LogP contribution is -2.47. The zero-order chi connectivity index (χ0) is 23.8. The van der Waals surface area contributed by atoms with Crippen LogP contribution in [0, 0.1) is 0 Å². The molecule has 0 spiro atoms. The van der Waals surface area contributed by atoms with E-state index in [2.05, 4.69) is 11.6 Å². The molecular formula is C24H28N2O6S. The van der Waals surface area contributed by atoms with E-state index in [-0.39, 0.29) is 24.4 Å². The smallest absolute Gasteiger partial charge is 0.256 e. The Hall–Kier alpha value is -3.04. The molecule has 2 heterocycles. The van der Waals surface area contributed by atoms with Gasteiger partial charge in [-0.05, 0) is 31.2 Å². The Morgan fingerprint density at radius 2 is 2.06 bits per heavy atom. The minimum Gasteiger partial charge on any atom is -0.493 e. The highest BCUT2D eigenvalue weighted by Crippen LogP contribution is 2.40. The molecule has 33 heavy (non-hydrogen) atoms. The topological polar surface area (TPSA) is 87.2 Å². The average Bonchev–Trinajstić information content (AvgIpc) is 2.85. The summed E-state index contributed by atoms with van der Waals surface area (Å²) >= 11 is 1.47. The van der Waals surface area contributed by atoms with Crippen molar-refractivity contribution in [2.45, 2.75) is 18.1 Å². The van der Waals surface area contributed by atoms with Gasteiger partial charge in [-0.1, -0.05) is 6.08 Å². The number of benzene rings is 1. The Morgan fingerprint density at radius 1 is 1.24 bits per heavy atom. The molecule has 9 heteroatoms. The van der Waals surface area contributed by atoms with Gasteiger partial charge in [0.1, 0.15) is 17.7 Å². The Labute approximate surface area is 197 Å². The first-order valence-corrected chi connectivity index (χ1v) is 11.5. The summed E-state index contributed by atoms with van der Waals surface area (Å²) in [6.45, 7) is 6.52. The Morgan fingerprint density at radius 3 is 2.76 bits per heavy atom. The zero-order valence-electron chi connectivity index (χ0n) is 19.0. The van der Waals surface area contributed by atoms with Gasteiger partial charge in [0.05, 0.1) is 38.5 Å². The molecule has 1 fully saturated rings. The zero-order valence-corrected chi connectivity index (χ0v) is 19.9. The van der Waals surface area contributed by atoms with Crippen LogP contribution in [0.3, 0.4) is 0 Å². The van der Waals surface area contributed by atoms with Crippen molar-refractivity contribution in [3.8, 4) is 17.2 Å². The number of nitrogens with zero attached hydrogens (tertiary/aromatic N) is 2. The maximum Gasteiger partial charge on any atom is 0.256 e. The summed E-state index contributed by atoms with van der Waals surface area (Å²) in [4.78, 5) is 31.4. The minimum atomic E-state index is -0.376. The quantitative estimate of drug-likeness (QED) is 0.295. The number of morpholine rings is 1. The minimum absolute atomic E-state index is 0.105. The fourth-order valence-corrected chi connectivity index (χ4v) is 4.20. The second-order valence-corrected chi connectivity index (χ2v) is 8.25. The number of Topliss-reactive ketones (excluding diaryl/α,β-unsaturated/α-hetero) is 1. The van der Waals surface area contributed by atoms with Crippen molar-refractivity contribution < 1.29 is 28.5 Å². The van der Waals surface area contributed by atoms with E-state index in [1.165, 1.54) is 32.9 Å². The summed E-state index contributed by atoms with van der Waals surface area (Å²) in [7, 11) is 3.00. The number of amides is 1. The normalized spacial score (nSPS) is 15.6. The number of ether oxygens (including phenoxy) is 4. The molecule has 2 aromatic rings. The van der Waals surface area contributed by atoms with Gasteiger partial charge in [-0.15, -0.1) is 18.3 Å². The Balaban J connectivity index is 1.73. The van der Waals surface area contributed by atoms with Crippen LogP contribution in [0.2, 0.25) is 0 Å². The third-order valence-electron chi connectivity index (χ3n) is 5.06. The SMILES string of the molecule is C=CCSc1ncccc1C(=O)N1CCOC(COc2c(C(C)=O)ccc(OC)c2OC)C1. The number of hydrogen-bond acceptors (Lipinski definition) is 8. The number of hydrogen-bond donors (Lipinski definition) is 0. The largest absolute Gasteiger partial charge is 0.493 e. The van der Waals surface area contributed by atoms with Gasteiger partial charge in [0.2, 0.25) is 5.75 Å². The number of carbonyl (C=O) groups excluding carboxylic acids is 2. The van der Waals surface area contributed by atoms with Crippen molar-refractivity contribution in [3.05, 3.63) is 54.2 Å². The summed E-state index contributed by atoms with van der Waals surface area (Å²) in [5, 5.41) is 0.675.